The third-order valence-electron chi connectivity index (χ3n) is 2.32. The van der Waals surface area contributed by atoms with Crippen LogP contribution in [0.15, 0.2) is 0 Å². The van der Waals surface area contributed by atoms with Gasteiger partial charge in [0.05, 0.1) is 5.75 Å². The SMILES string of the molecule is CCNS(=O)(=O)CCC1CCNC1. The Kier molecular flexibility index (Phi) is 4.15. The molecule has 0 bridgehead atoms. The Morgan fingerprint density at radius 1 is 1.54 bits per heavy atom. The molecule has 0 saturated carbocycles. The van der Waals surface area contributed by atoms with Crippen molar-refractivity contribution in [3.8, 4) is 0 Å². The van der Waals surface area contributed by atoms with Crippen molar-refractivity contribution < 1.29 is 8.42 Å². The summed E-state index contributed by atoms with van der Waals surface area (Å²) in [5.74, 6) is 0.820. The molecule has 0 aromatic heterocycles. The molecule has 78 valence electrons. The van der Waals surface area contributed by atoms with E-state index in [0.717, 1.165) is 25.9 Å². The van der Waals surface area contributed by atoms with Crippen LogP contribution in [-0.2, 0) is 10.0 Å². The van der Waals surface area contributed by atoms with Crippen molar-refractivity contribution >= 4 is 10.0 Å². The quantitative estimate of drug-likeness (QED) is 0.662. The highest BCUT2D eigenvalue weighted by atomic mass is 32.2. The largest absolute Gasteiger partial charge is 0.316 e. The summed E-state index contributed by atoms with van der Waals surface area (Å²) in [6.07, 6.45) is 1.89. The van der Waals surface area contributed by atoms with E-state index in [0.29, 0.717) is 12.5 Å². The Morgan fingerprint density at radius 2 is 2.31 bits per heavy atom. The monoisotopic (exact) mass is 206 g/mol. The van der Waals surface area contributed by atoms with Gasteiger partial charge in [0.1, 0.15) is 0 Å². The van der Waals surface area contributed by atoms with Crippen LogP contribution in [0.5, 0.6) is 0 Å². The minimum atomic E-state index is -3.00. The summed E-state index contributed by atoms with van der Waals surface area (Å²) in [5, 5.41) is 3.23. The van der Waals surface area contributed by atoms with Gasteiger partial charge in [0, 0.05) is 6.54 Å². The maximum absolute atomic E-state index is 11.3. The van der Waals surface area contributed by atoms with Gasteiger partial charge in [-0.05, 0) is 31.8 Å². The summed E-state index contributed by atoms with van der Waals surface area (Å²) >= 11 is 0. The zero-order valence-corrected chi connectivity index (χ0v) is 8.86. The molecular weight excluding hydrogens is 188 g/mol. The molecule has 5 heteroatoms. The third-order valence-corrected chi connectivity index (χ3v) is 3.82. The first-order valence-corrected chi connectivity index (χ1v) is 6.47. The van der Waals surface area contributed by atoms with Crippen LogP contribution in [0.2, 0.25) is 0 Å². The van der Waals surface area contributed by atoms with Crippen LogP contribution in [0.3, 0.4) is 0 Å². The standard InChI is InChI=1S/C8H18N2O2S/c1-2-10-13(11,12)6-4-8-3-5-9-7-8/h8-10H,2-7H2,1H3. The van der Waals surface area contributed by atoms with E-state index in [2.05, 4.69) is 10.0 Å². The van der Waals surface area contributed by atoms with E-state index >= 15 is 0 Å². The van der Waals surface area contributed by atoms with Crippen molar-refractivity contribution in [3.05, 3.63) is 0 Å². The van der Waals surface area contributed by atoms with Gasteiger partial charge >= 0.3 is 0 Å². The van der Waals surface area contributed by atoms with Gasteiger partial charge in [-0.3, -0.25) is 0 Å². The normalized spacial score (nSPS) is 23.6. The van der Waals surface area contributed by atoms with E-state index in [1.165, 1.54) is 0 Å². The summed E-state index contributed by atoms with van der Waals surface area (Å²) in [6.45, 7) is 4.30. The predicted molar refractivity (Wildman–Crippen MR) is 53.1 cm³/mol. The lowest BCUT2D eigenvalue weighted by Crippen LogP contribution is -2.27. The molecule has 1 saturated heterocycles. The van der Waals surface area contributed by atoms with E-state index in [1.54, 1.807) is 6.92 Å². The summed E-state index contributed by atoms with van der Waals surface area (Å²) in [6, 6.07) is 0. The van der Waals surface area contributed by atoms with Crippen LogP contribution in [-0.4, -0.2) is 33.8 Å². The van der Waals surface area contributed by atoms with Crippen molar-refractivity contribution in [1.82, 2.24) is 10.0 Å². The van der Waals surface area contributed by atoms with E-state index < -0.39 is 10.0 Å². The second kappa shape index (κ2) is 4.93. The Labute approximate surface area is 80.1 Å². The highest BCUT2D eigenvalue weighted by molar-refractivity contribution is 7.89. The van der Waals surface area contributed by atoms with Gasteiger partial charge in [-0.1, -0.05) is 6.92 Å². The number of sulfonamides is 1. The molecular formula is C8H18N2O2S. The van der Waals surface area contributed by atoms with Gasteiger partial charge in [-0.2, -0.15) is 0 Å². The van der Waals surface area contributed by atoms with Crippen molar-refractivity contribution in [2.45, 2.75) is 19.8 Å². The van der Waals surface area contributed by atoms with Crippen LogP contribution in [0.1, 0.15) is 19.8 Å². The Hall–Kier alpha value is -0.130. The first-order valence-electron chi connectivity index (χ1n) is 4.82. The molecule has 1 unspecified atom stereocenters. The summed E-state index contributed by atoms with van der Waals surface area (Å²) in [4.78, 5) is 0. The number of hydrogen-bond acceptors (Lipinski definition) is 3. The summed E-state index contributed by atoms with van der Waals surface area (Å²) < 4.78 is 25.0. The smallest absolute Gasteiger partial charge is 0.211 e. The van der Waals surface area contributed by atoms with Crippen LogP contribution in [0.4, 0.5) is 0 Å². The third kappa shape index (κ3) is 4.06. The average Bonchev–Trinajstić information content (AvgIpc) is 2.52. The Bertz CT molecular complexity index is 233. The van der Waals surface area contributed by atoms with Gasteiger partial charge in [0.25, 0.3) is 0 Å². The zero-order chi connectivity index (χ0) is 9.73. The van der Waals surface area contributed by atoms with Gasteiger partial charge in [0.2, 0.25) is 10.0 Å². The Morgan fingerprint density at radius 3 is 2.85 bits per heavy atom. The van der Waals surface area contributed by atoms with E-state index in [1.807, 2.05) is 0 Å². The molecule has 1 aliphatic heterocycles. The zero-order valence-electron chi connectivity index (χ0n) is 8.04. The van der Waals surface area contributed by atoms with Gasteiger partial charge in [-0.15, -0.1) is 0 Å². The highest BCUT2D eigenvalue weighted by Crippen LogP contribution is 2.12. The van der Waals surface area contributed by atoms with E-state index in [4.69, 9.17) is 0 Å². The fourth-order valence-corrected chi connectivity index (χ4v) is 2.80. The van der Waals surface area contributed by atoms with Crippen molar-refractivity contribution in [3.63, 3.8) is 0 Å². The van der Waals surface area contributed by atoms with E-state index in [9.17, 15) is 8.42 Å². The second-order valence-corrected chi connectivity index (χ2v) is 5.39. The molecule has 0 aliphatic carbocycles. The molecule has 1 fully saturated rings. The molecule has 1 rings (SSSR count). The minimum absolute atomic E-state index is 0.271. The van der Waals surface area contributed by atoms with Crippen LogP contribution in [0, 0.1) is 5.92 Å². The second-order valence-electron chi connectivity index (χ2n) is 3.46. The topological polar surface area (TPSA) is 58.2 Å². The minimum Gasteiger partial charge on any atom is -0.316 e. The fourth-order valence-electron chi connectivity index (χ4n) is 1.57. The maximum atomic E-state index is 11.3. The van der Waals surface area contributed by atoms with Crippen molar-refractivity contribution in [1.29, 1.82) is 0 Å². The molecule has 0 aromatic rings. The van der Waals surface area contributed by atoms with Crippen LogP contribution >= 0.6 is 0 Å². The number of hydrogen-bond donors (Lipinski definition) is 2. The summed E-state index contributed by atoms with van der Waals surface area (Å²) in [5.41, 5.74) is 0. The fraction of sp³-hybridized carbons (Fsp3) is 1.00. The molecule has 1 heterocycles. The van der Waals surface area contributed by atoms with Gasteiger partial charge in [0.15, 0.2) is 0 Å². The van der Waals surface area contributed by atoms with Crippen molar-refractivity contribution in [2.75, 3.05) is 25.4 Å². The predicted octanol–water partition coefficient (Wildman–Crippen LogP) is -0.0747. The van der Waals surface area contributed by atoms with E-state index in [-0.39, 0.29) is 5.75 Å². The first-order chi connectivity index (χ1) is 6.14. The van der Waals surface area contributed by atoms with Gasteiger partial charge in [-0.25, -0.2) is 13.1 Å². The molecule has 0 amide bonds. The summed E-state index contributed by atoms with van der Waals surface area (Å²) in [7, 11) is -3.00. The Balaban J connectivity index is 2.24. The number of nitrogens with one attached hydrogen (secondary N) is 2. The maximum Gasteiger partial charge on any atom is 0.211 e. The van der Waals surface area contributed by atoms with Gasteiger partial charge < -0.3 is 5.32 Å². The lowest BCUT2D eigenvalue weighted by atomic mass is 10.1. The molecule has 13 heavy (non-hydrogen) atoms. The lowest BCUT2D eigenvalue weighted by molar-refractivity contribution is 0.540. The molecule has 1 atom stereocenters. The number of rotatable bonds is 5. The first kappa shape index (κ1) is 10.9. The van der Waals surface area contributed by atoms with Crippen molar-refractivity contribution in [2.24, 2.45) is 5.92 Å². The molecule has 0 aromatic carbocycles. The molecule has 0 radical (unpaired) electrons. The molecule has 1 aliphatic rings. The molecule has 4 nitrogen and oxygen atoms in total. The highest BCUT2D eigenvalue weighted by Gasteiger charge is 2.17. The average molecular weight is 206 g/mol. The van der Waals surface area contributed by atoms with Crippen LogP contribution in [0.25, 0.3) is 0 Å². The molecule has 2 N–H and O–H groups in total. The molecule has 0 spiro atoms. The van der Waals surface area contributed by atoms with Crippen LogP contribution < -0.4 is 10.0 Å². The lowest BCUT2D eigenvalue weighted by Gasteiger charge is -2.08.